The molecule has 0 radical (unpaired) electrons. The second kappa shape index (κ2) is 7.61. The quantitative estimate of drug-likeness (QED) is 0.608. The summed E-state index contributed by atoms with van der Waals surface area (Å²) in [5.74, 6) is -0.254. The van der Waals surface area contributed by atoms with Crippen molar-refractivity contribution in [1.82, 2.24) is 0 Å². The molecule has 26 heavy (non-hydrogen) atoms. The monoisotopic (exact) mass is 350 g/mol. The Morgan fingerprint density at radius 3 is 2.31 bits per heavy atom. The first-order valence-corrected chi connectivity index (χ1v) is 9.87. The van der Waals surface area contributed by atoms with Crippen molar-refractivity contribution in [1.29, 1.82) is 0 Å². The fraction of sp³-hybridized carbons (Fsp3) is 0.435. The summed E-state index contributed by atoms with van der Waals surface area (Å²) < 4.78 is 13.2. The van der Waals surface area contributed by atoms with Gasteiger partial charge in [-0.15, -0.1) is 0 Å². The van der Waals surface area contributed by atoms with Crippen LogP contribution < -0.4 is 4.90 Å². The molecule has 1 saturated carbocycles. The maximum atomic E-state index is 13.2. The van der Waals surface area contributed by atoms with E-state index < -0.39 is 0 Å². The van der Waals surface area contributed by atoms with Gasteiger partial charge < -0.3 is 4.90 Å². The van der Waals surface area contributed by atoms with E-state index in [4.69, 9.17) is 0 Å². The SMILES string of the molecule is Fc1cccc(N=Cc2ccc(N3CCC4(CCCCC4)CC3)cc2)c1. The van der Waals surface area contributed by atoms with Crippen LogP contribution in [-0.2, 0) is 0 Å². The van der Waals surface area contributed by atoms with E-state index in [9.17, 15) is 4.39 Å². The third-order valence-corrected chi connectivity index (χ3v) is 6.17. The fourth-order valence-corrected chi connectivity index (χ4v) is 4.52. The molecular formula is C23H27FN2. The summed E-state index contributed by atoms with van der Waals surface area (Å²) in [7, 11) is 0. The molecule has 2 nitrogen and oxygen atoms in total. The van der Waals surface area contributed by atoms with Crippen LogP contribution in [-0.4, -0.2) is 19.3 Å². The highest BCUT2D eigenvalue weighted by molar-refractivity contribution is 5.82. The van der Waals surface area contributed by atoms with Crippen molar-refractivity contribution >= 4 is 17.6 Å². The van der Waals surface area contributed by atoms with E-state index in [0.717, 1.165) is 5.56 Å². The van der Waals surface area contributed by atoms with Crippen LogP contribution in [0.25, 0.3) is 0 Å². The normalized spacial score (nSPS) is 20.0. The molecule has 2 aromatic carbocycles. The summed E-state index contributed by atoms with van der Waals surface area (Å²) in [6, 6.07) is 14.9. The summed E-state index contributed by atoms with van der Waals surface area (Å²) >= 11 is 0. The molecule has 136 valence electrons. The molecule has 2 fully saturated rings. The Morgan fingerprint density at radius 1 is 0.885 bits per heavy atom. The fourth-order valence-electron chi connectivity index (χ4n) is 4.52. The highest BCUT2D eigenvalue weighted by atomic mass is 19.1. The van der Waals surface area contributed by atoms with Crippen LogP contribution in [0, 0.1) is 11.2 Å². The Labute approximate surface area is 155 Å². The van der Waals surface area contributed by atoms with Gasteiger partial charge in [0.15, 0.2) is 0 Å². The molecule has 0 bridgehead atoms. The molecule has 0 N–H and O–H groups in total. The summed E-state index contributed by atoms with van der Waals surface area (Å²) in [6.07, 6.45) is 11.7. The third-order valence-electron chi connectivity index (χ3n) is 6.17. The van der Waals surface area contributed by atoms with Crippen LogP contribution >= 0.6 is 0 Å². The van der Waals surface area contributed by atoms with Gasteiger partial charge in [-0.25, -0.2) is 4.39 Å². The number of halogens is 1. The van der Waals surface area contributed by atoms with Gasteiger partial charge >= 0.3 is 0 Å². The first-order valence-electron chi connectivity index (χ1n) is 9.87. The van der Waals surface area contributed by atoms with Crippen LogP contribution in [0.5, 0.6) is 0 Å². The van der Waals surface area contributed by atoms with Gasteiger partial charge in [-0.1, -0.05) is 37.5 Å². The molecule has 2 aliphatic rings. The minimum Gasteiger partial charge on any atom is -0.371 e. The van der Waals surface area contributed by atoms with Crippen molar-refractivity contribution < 1.29 is 4.39 Å². The van der Waals surface area contributed by atoms with E-state index in [2.05, 4.69) is 34.2 Å². The molecule has 1 saturated heterocycles. The van der Waals surface area contributed by atoms with Gasteiger partial charge in [0.1, 0.15) is 5.82 Å². The maximum absolute atomic E-state index is 13.2. The van der Waals surface area contributed by atoms with E-state index >= 15 is 0 Å². The standard InChI is InChI=1S/C23H27FN2/c24-20-5-4-6-21(17-20)25-18-19-7-9-22(10-8-19)26-15-13-23(14-16-26)11-2-1-3-12-23/h4-10,17-18H,1-3,11-16H2. The summed E-state index contributed by atoms with van der Waals surface area (Å²) in [5, 5.41) is 0. The number of anilines is 1. The van der Waals surface area contributed by atoms with Crippen molar-refractivity contribution in [2.45, 2.75) is 44.9 Å². The molecule has 1 aliphatic heterocycles. The minimum absolute atomic E-state index is 0.254. The molecule has 3 heteroatoms. The van der Waals surface area contributed by atoms with Gasteiger partial charge in [0.25, 0.3) is 0 Å². The Bertz CT molecular complexity index is 750. The van der Waals surface area contributed by atoms with E-state index in [1.165, 1.54) is 75.9 Å². The number of benzene rings is 2. The lowest BCUT2D eigenvalue weighted by atomic mass is 9.68. The van der Waals surface area contributed by atoms with Crippen LogP contribution in [0.15, 0.2) is 53.5 Å². The topological polar surface area (TPSA) is 15.6 Å². The van der Waals surface area contributed by atoms with E-state index in [1.54, 1.807) is 12.3 Å². The molecule has 0 aromatic heterocycles. The lowest BCUT2D eigenvalue weighted by Gasteiger charge is -2.45. The van der Waals surface area contributed by atoms with Gasteiger partial charge in [0.2, 0.25) is 0 Å². The number of aliphatic imine (C=N–C) groups is 1. The average Bonchev–Trinajstić information content (AvgIpc) is 2.68. The zero-order valence-corrected chi connectivity index (χ0v) is 15.3. The largest absolute Gasteiger partial charge is 0.371 e. The molecule has 2 aromatic rings. The predicted octanol–water partition coefficient (Wildman–Crippen LogP) is 6.13. The van der Waals surface area contributed by atoms with Crippen molar-refractivity contribution in [3.63, 3.8) is 0 Å². The smallest absolute Gasteiger partial charge is 0.125 e. The van der Waals surface area contributed by atoms with Gasteiger partial charge in [0, 0.05) is 25.0 Å². The van der Waals surface area contributed by atoms with Crippen molar-refractivity contribution in [3.05, 3.63) is 59.9 Å². The summed E-state index contributed by atoms with van der Waals surface area (Å²) in [4.78, 5) is 6.88. The molecule has 4 rings (SSSR count). The number of rotatable bonds is 3. The highest BCUT2D eigenvalue weighted by Gasteiger charge is 2.35. The Kier molecular flexibility index (Phi) is 5.05. The van der Waals surface area contributed by atoms with E-state index in [0.29, 0.717) is 11.1 Å². The molecule has 1 aliphatic carbocycles. The van der Waals surface area contributed by atoms with Crippen LogP contribution in [0.2, 0.25) is 0 Å². The molecule has 0 amide bonds. The highest BCUT2D eigenvalue weighted by Crippen LogP contribution is 2.45. The number of hydrogen-bond donors (Lipinski definition) is 0. The van der Waals surface area contributed by atoms with E-state index in [-0.39, 0.29) is 5.82 Å². The van der Waals surface area contributed by atoms with Crippen LogP contribution in [0.1, 0.15) is 50.5 Å². The molecule has 0 unspecified atom stereocenters. The van der Waals surface area contributed by atoms with Crippen LogP contribution in [0.4, 0.5) is 15.8 Å². The Balaban J connectivity index is 1.37. The number of piperidine rings is 1. The van der Waals surface area contributed by atoms with Gasteiger partial charge in [0.05, 0.1) is 5.69 Å². The van der Waals surface area contributed by atoms with Gasteiger partial charge in [-0.05, 0) is 67.0 Å². The van der Waals surface area contributed by atoms with Gasteiger partial charge in [-0.2, -0.15) is 0 Å². The van der Waals surface area contributed by atoms with Crippen molar-refractivity contribution in [2.24, 2.45) is 10.4 Å². The molecule has 0 atom stereocenters. The summed E-state index contributed by atoms with van der Waals surface area (Å²) in [5.41, 5.74) is 3.63. The summed E-state index contributed by atoms with van der Waals surface area (Å²) in [6.45, 7) is 2.35. The lowest BCUT2D eigenvalue weighted by molar-refractivity contribution is 0.144. The second-order valence-electron chi connectivity index (χ2n) is 7.88. The maximum Gasteiger partial charge on any atom is 0.125 e. The number of hydrogen-bond acceptors (Lipinski definition) is 2. The van der Waals surface area contributed by atoms with E-state index in [1.807, 2.05) is 6.07 Å². The lowest BCUT2D eigenvalue weighted by Crippen LogP contribution is -2.41. The first kappa shape index (κ1) is 17.3. The first-order chi connectivity index (χ1) is 12.7. The van der Waals surface area contributed by atoms with Crippen LogP contribution in [0.3, 0.4) is 0 Å². The zero-order chi connectivity index (χ0) is 17.8. The minimum atomic E-state index is -0.254. The van der Waals surface area contributed by atoms with Gasteiger partial charge in [-0.3, -0.25) is 4.99 Å². The molecule has 1 heterocycles. The average molecular weight is 350 g/mol. The Morgan fingerprint density at radius 2 is 1.62 bits per heavy atom. The zero-order valence-electron chi connectivity index (χ0n) is 15.3. The third kappa shape index (κ3) is 3.98. The second-order valence-corrected chi connectivity index (χ2v) is 7.88. The van der Waals surface area contributed by atoms with Crippen molar-refractivity contribution in [2.75, 3.05) is 18.0 Å². The number of nitrogens with zero attached hydrogens (tertiary/aromatic N) is 2. The Hall–Kier alpha value is -2.16. The predicted molar refractivity (Wildman–Crippen MR) is 107 cm³/mol. The molecule has 1 spiro atoms. The van der Waals surface area contributed by atoms with Crippen molar-refractivity contribution in [3.8, 4) is 0 Å². The molecular weight excluding hydrogens is 323 g/mol.